The third-order valence-corrected chi connectivity index (χ3v) is 4.22. The Morgan fingerprint density at radius 2 is 1.59 bits per heavy atom. The number of amidine groups is 1. The van der Waals surface area contributed by atoms with Crippen LogP contribution in [0.2, 0.25) is 0 Å². The predicted molar refractivity (Wildman–Crippen MR) is 85.2 cm³/mol. The molecule has 1 N–H and O–H groups in total. The molecule has 3 aliphatic heterocycles. The Labute approximate surface area is 130 Å². The predicted octanol–water partition coefficient (Wildman–Crippen LogP) is 2.23. The monoisotopic (exact) mass is 299 g/mol. The lowest BCUT2D eigenvalue weighted by atomic mass is 10.1. The van der Waals surface area contributed by atoms with E-state index in [0.29, 0.717) is 11.1 Å². The SMILES string of the molecule is C1CCC2=NCCCN2CC1.O=C1NC(=O)c2ccccc21. The van der Waals surface area contributed by atoms with Gasteiger partial charge in [-0.2, -0.15) is 0 Å². The number of rotatable bonds is 0. The van der Waals surface area contributed by atoms with E-state index in [0.717, 1.165) is 6.54 Å². The Kier molecular flexibility index (Phi) is 4.51. The molecular formula is C17H21N3O2. The minimum atomic E-state index is -0.300. The first-order valence-corrected chi connectivity index (χ1v) is 7.99. The van der Waals surface area contributed by atoms with Crippen molar-refractivity contribution in [2.45, 2.75) is 32.1 Å². The molecule has 1 saturated heterocycles. The summed E-state index contributed by atoms with van der Waals surface area (Å²) < 4.78 is 0. The molecule has 5 nitrogen and oxygen atoms in total. The van der Waals surface area contributed by atoms with E-state index in [1.54, 1.807) is 24.3 Å². The Hall–Kier alpha value is -2.17. The minimum Gasteiger partial charge on any atom is -0.360 e. The first-order valence-electron chi connectivity index (χ1n) is 7.99. The summed E-state index contributed by atoms with van der Waals surface area (Å²) in [7, 11) is 0. The van der Waals surface area contributed by atoms with Crippen LogP contribution >= 0.6 is 0 Å². The van der Waals surface area contributed by atoms with Gasteiger partial charge < -0.3 is 4.90 Å². The molecule has 22 heavy (non-hydrogen) atoms. The van der Waals surface area contributed by atoms with Crippen molar-refractivity contribution in [3.05, 3.63) is 35.4 Å². The molecule has 0 saturated carbocycles. The summed E-state index contributed by atoms with van der Waals surface area (Å²) in [5, 5.41) is 2.20. The second-order valence-corrected chi connectivity index (χ2v) is 5.78. The van der Waals surface area contributed by atoms with Crippen molar-refractivity contribution >= 4 is 17.6 Å². The number of hydrogen-bond donors (Lipinski definition) is 1. The van der Waals surface area contributed by atoms with Gasteiger partial charge in [-0.05, 0) is 31.4 Å². The summed E-state index contributed by atoms with van der Waals surface area (Å²) in [6, 6.07) is 6.74. The molecule has 3 aliphatic rings. The van der Waals surface area contributed by atoms with E-state index in [9.17, 15) is 9.59 Å². The van der Waals surface area contributed by atoms with Crippen LogP contribution in [0.5, 0.6) is 0 Å². The van der Waals surface area contributed by atoms with Crippen LogP contribution in [0.25, 0.3) is 0 Å². The Morgan fingerprint density at radius 1 is 0.909 bits per heavy atom. The number of carbonyl (C=O) groups is 2. The number of nitrogens with one attached hydrogen (secondary N) is 1. The van der Waals surface area contributed by atoms with E-state index >= 15 is 0 Å². The highest BCUT2D eigenvalue weighted by molar-refractivity contribution is 6.21. The van der Waals surface area contributed by atoms with Gasteiger partial charge >= 0.3 is 0 Å². The van der Waals surface area contributed by atoms with Crippen molar-refractivity contribution in [2.75, 3.05) is 19.6 Å². The average molecular weight is 299 g/mol. The summed E-state index contributed by atoms with van der Waals surface area (Å²) >= 11 is 0. The highest BCUT2D eigenvalue weighted by Crippen LogP contribution is 2.15. The van der Waals surface area contributed by atoms with Gasteiger partial charge in [0.25, 0.3) is 11.8 Å². The third kappa shape index (κ3) is 3.18. The number of carbonyl (C=O) groups excluding carboxylic acids is 2. The van der Waals surface area contributed by atoms with Crippen LogP contribution in [0.1, 0.15) is 52.8 Å². The molecule has 0 aliphatic carbocycles. The minimum absolute atomic E-state index is 0.300. The van der Waals surface area contributed by atoms with Crippen LogP contribution in [0.4, 0.5) is 0 Å². The maximum absolute atomic E-state index is 10.9. The topological polar surface area (TPSA) is 61.8 Å². The van der Waals surface area contributed by atoms with E-state index in [4.69, 9.17) is 0 Å². The maximum atomic E-state index is 10.9. The molecule has 116 valence electrons. The fraction of sp³-hybridized carbons (Fsp3) is 0.471. The van der Waals surface area contributed by atoms with Crippen molar-refractivity contribution in [1.29, 1.82) is 0 Å². The average Bonchev–Trinajstić information content (AvgIpc) is 2.73. The highest BCUT2D eigenvalue weighted by Gasteiger charge is 2.25. The number of nitrogens with zero attached hydrogens (tertiary/aromatic N) is 2. The van der Waals surface area contributed by atoms with Crippen molar-refractivity contribution < 1.29 is 9.59 Å². The van der Waals surface area contributed by atoms with E-state index in [1.165, 1.54) is 51.0 Å². The molecule has 1 fully saturated rings. The lowest BCUT2D eigenvalue weighted by molar-refractivity contribution is 0.0879. The van der Waals surface area contributed by atoms with Crippen LogP contribution < -0.4 is 5.32 Å². The first kappa shape index (κ1) is 14.8. The van der Waals surface area contributed by atoms with Gasteiger partial charge in [0.15, 0.2) is 0 Å². The maximum Gasteiger partial charge on any atom is 0.258 e. The molecule has 4 rings (SSSR count). The molecule has 1 aromatic carbocycles. The van der Waals surface area contributed by atoms with E-state index in [-0.39, 0.29) is 11.8 Å². The zero-order valence-electron chi connectivity index (χ0n) is 12.7. The number of amides is 2. The summed E-state index contributed by atoms with van der Waals surface area (Å²) in [6.07, 6.45) is 6.63. The molecule has 3 heterocycles. The molecule has 0 spiro atoms. The molecule has 0 radical (unpaired) electrons. The highest BCUT2D eigenvalue weighted by atomic mass is 16.2. The summed E-state index contributed by atoms with van der Waals surface area (Å²) in [5.41, 5.74) is 0.940. The van der Waals surface area contributed by atoms with Gasteiger partial charge in [-0.25, -0.2) is 0 Å². The molecular weight excluding hydrogens is 278 g/mol. The largest absolute Gasteiger partial charge is 0.360 e. The molecule has 5 heteroatoms. The van der Waals surface area contributed by atoms with Crippen LogP contribution in [0.3, 0.4) is 0 Å². The van der Waals surface area contributed by atoms with Gasteiger partial charge in [0.2, 0.25) is 0 Å². The second-order valence-electron chi connectivity index (χ2n) is 5.78. The van der Waals surface area contributed by atoms with E-state index in [1.807, 2.05) is 0 Å². The number of imide groups is 1. The first-order chi connectivity index (χ1) is 10.8. The van der Waals surface area contributed by atoms with Gasteiger partial charge in [0.05, 0.1) is 17.0 Å². The van der Waals surface area contributed by atoms with Crippen LogP contribution in [-0.4, -0.2) is 42.2 Å². The fourth-order valence-electron chi connectivity index (χ4n) is 3.06. The smallest absolute Gasteiger partial charge is 0.258 e. The Morgan fingerprint density at radius 3 is 2.32 bits per heavy atom. The van der Waals surface area contributed by atoms with Crippen molar-refractivity contribution in [3.8, 4) is 0 Å². The van der Waals surface area contributed by atoms with Crippen molar-refractivity contribution in [3.63, 3.8) is 0 Å². The fourth-order valence-corrected chi connectivity index (χ4v) is 3.06. The van der Waals surface area contributed by atoms with Crippen LogP contribution in [-0.2, 0) is 0 Å². The third-order valence-electron chi connectivity index (χ3n) is 4.22. The van der Waals surface area contributed by atoms with Gasteiger partial charge in [0.1, 0.15) is 0 Å². The lowest BCUT2D eigenvalue weighted by Crippen LogP contribution is -2.34. The van der Waals surface area contributed by atoms with E-state index in [2.05, 4.69) is 15.2 Å². The second kappa shape index (κ2) is 6.73. The molecule has 0 aromatic heterocycles. The van der Waals surface area contributed by atoms with Gasteiger partial charge in [0, 0.05) is 26.1 Å². The molecule has 2 amide bonds. The van der Waals surface area contributed by atoms with Crippen LogP contribution in [0.15, 0.2) is 29.3 Å². The molecule has 0 atom stereocenters. The summed E-state index contributed by atoms with van der Waals surface area (Å²) in [4.78, 5) is 28.9. The van der Waals surface area contributed by atoms with Gasteiger partial charge in [-0.1, -0.05) is 18.6 Å². The Balaban J connectivity index is 0.000000131. The number of hydrogen-bond acceptors (Lipinski definition) is 4. The van der Waals surface area contributed by atoms with Crippen LogP contribution in [0, 0.1) is 0 Å². The van der Waals surface area contributed by atoms with E-state index < -0.39 is 0 Å². The lowest BCUT2D eigenvalue weighted by Gasteiger charge is -2.27. The number of fused-ring (bicyclic) bond motifs is 2. The zero-order chi connectivity index (χ0) is 15.4. The summed E-state index contributed by atoms with van der Waals surface area (Å²) in [5.74, 6) is 0.796. The van der Waals surface area contributed by atoms with Crippen molar-refractivity contribution in [1.82, 2.24) is 10.2 Å². The molecule has 0 unspecified atom stereocenters. The Bertz CT molecular complexity index is 577. The number of aliphatic imine (C=N–C) groups is 1. The standard InChI is InChI=1S/C9H16N2.C8H5NO2/c1-2-5-9-10-6-4-8-11(9)7-3-1;10-7-5-3-1-2-4-6(5)8(11)9-7/h1-8H2;1-4H,(H,9,10,11). The normalized spacial score (nSPS) is 20.0. The molecule has 1 aromatic rings. The number of benzene rings is 1. The van der Waals surface area contributed by atoms with Crippen molar-refractivity contribution in [2.24, 2.45) is 4.99 Å². The van der Waals surface area contributed by atoms with Gasteiger partial charge in [-0.3, -0.25) is 19.9 Å². The zero-order valence-corrected chi connectivity index (χ0v) is 12.7. The summed E-state index contributed by atoms with van der Waals surface area (Å²) in [6.45, 7) is 3.60. The quantitative estimate of drug-likeness (QED) is 0.747. The molecule has 0 bridgehead atoms. The van der Waals surface area contributed by atoms with Gasteiger partial charge in [-0.15, -0.1) is 0 Å².